The Morgan fingerprint density at radius 3 is 3.04 bits per heavy atom. The number of halogens is 2. The summed E-state index contributed by atoms with van der Waals surface area (Å²) in [6.45, 7) is 1.04. The van der Waals surface area contributed by atoms with Crippen LogP contribution in [0.2, 0.25) is 10.0 Å². The average molecular weight is 351 g/mol. The molecule has 2 aromatic heterocycles. The number of amides is 1. The molecule has 0 saturated carbocycles. The molecule has 8 nitrogen and oxygen atoms in total. The van der Waals surface area contributed by atoms with Crippen molar-refractivity contribution in [1.82, 2.24) is 30.5 Å². The van der Waals surface area contributed by atoms with E-state index in [0.717, 1.165) is 0 Å². The molecule has 10 heteroatoms. The second-order valence-corrected chi connectivity index (χ2v) is 5.66. The predicted molar refractivity (Wildman–Crippen MR) is 81.1 cm³/mol. The summed E-state index contributed by atoms with van der Waals surface area (Å²) in [6.07, 6.45) is 0. The van der Waals surface area contributed by atoms with Crippen LogP contribution in [0.25, 0.3) is 23.0 Å². The van der Waals surface area contributed by atoms with Crippen LogP contribution in [0, 0.1) is 0 Å². The zero-order chi connectivity index (χ0) is 16.0. The Morgan fingerprint density at radius 1 is 1.30 bits per heavy atom. The summed E-state index contributed by atoms with van der Waals surface area (Å²) in [6, 6.07) is 4.93. The largest absolute Gasteiger partial charge is 0.349 e. The lowest BCUT2D eigenvalue weighted by molar-refractivity contribution is 0.0924. The van der Waals surface area contributed by atoms with E-state index in [1.54, 1.807) is 18.2 Å². The second-order valence-electron chi connectivity index (χ2n) is 4.81. The van der Waals surface area contributed by atoms with Crippen molar-refractivity contribution in [3.8, 4) is 23.0 Å². The Kier molecular flexibility index (Phi) is 3.28. The fourth-order valence-corrected chi connectivity index (χ4v) is 2.67. The first-order chi connectivity index (χ1) is 11.1. The number of aromatic nitrogens is 5. The van der Waals surface area contributed by atoms with E-state index >= 15 is 0 Å². The van der Waals surface area contributed by atoms with Gasteiger partial charge in [0.25, 0.3) is 11.8 Å². The molecule has 0 saturated heterocycles. The summed E-state index contributed by atoms with van der Waals surface area (Å²) in [5.74, 6) is 0.0663. The summed E-state index contributed by atoms with van der Waals surface area (Å²) >= 11 is 12.1. The molecule has 0 fully saturated rings. The van der Waals surface area contributed by atoms with Gasteiger partial charge >= 0.3 is 0 Å². The van der Waals surface area contributed by atoms with Crippen molar-refractivity contribution in [3.63, 3.8) is 0 Å². The molecule has 0 unspecified atom stereocenters. The number of benzene rings is 1. The molecule has 1 aliphatic heterocycles. The second kappa shape index (κ2) is 5.32. The number of rotatable bonds is 2. The smallest absolute Gasteiger partial charge is 0.281 e. The average Bonchev–Trinajstić information content (AvgIpc) is 3.16. The SMILES string of the molecule is O=C1NCCn2nnc(-c3nc(-c4cc(Cl)ccc4Cl)no3)c21. The minimum atomic E-state index is -0.281. The van der Waals surface area contributed by atoms with Crippen LogP contribution >= 0.6 is 23.2 Å². The van der Waals surface area contributed by atoms with Crippen LogP contribution < -0.4 is 5.32 Å². The van der Waals surface area contributed by atoms with Crippen molar-refractivity contribution >= 4 is 29.1 Å². The normalized spacial score (nSPS) is 13.7. The molecule has 0 atom stereocenters. The Hall–Kier alpha value is -2.45. The Morgan fingerprint density at radius 2 is 2.17 bits per heavy atom. The maximum atomic E-state index is 12.0. The number of hydrogen-bond donors (Lipinski definition) is 1. The van der Waals surface area contributed by atoms with E-state index < -0.39 is 0 Å². The number of carbonyl (C=O) groups excluding carboxylic acids is 1. The third-order valence-electron chi connectivity index (χ3n) is 3.36. The van der Waals surface area contributed by atoms with Gasteiger partial charge in [-0.05, 0) is 18.2 Å². The topological polar surface area (TPSA) is 98.7 Å². The third-order valence-corrected chi connectivity index (χ3v) is 3.92. The molecule has 0 bridgehead atoms. The van der Waals surface area contributed by atoms with E-state index in [4.69, 9.17) is 27.7 Å². The first-order valence-corrected chi connectivity index (χ1v) is 7.40. The number of hydrogen-bond acceptors (Lipinski definition) is 6. The van der Waals surface area contributed by atoms with Crippen LogP contribution in [-0.2, 0) is 6.54 Å². The van der Waals surface area contributed by atoms with Gasteiger partial charge in [-0.25, -0.2) is 4.68 Å². The van der Waals surface area contributed by atoms with E-state index in [1.807, 2.05) is 0 Å². The van der Waals surface area contributed by atoms with Gasteiger partial charge in [0.15, 0.2) is 11.4 Å². The van der Waals surface area contributed by atoms with Gasteiger partial charge in [0, 0.05) is 17.1 Å². The molecule has 4 rings (SSSR count). The van der Waals surface area contributed by atoms with Gasteiger partial charge in [-0.3, -0.25) is 4.79 Å². The molecular weight excluding hydrogens is 343 g/mol. The van der Waals surface area contributed by atoms with E-state index in [0.29, 0.717) is 34.4 Å². The molecule has 3 heterocycles. The molecule has 0 spiro atoms. The van der Waals surface area contributed by atoms with Crippen molar-refractivity contribution in [2.45, 2.75) is 6.54 Å². The lowest BCUT2D eigenvalue weighted by Crippen LogP contribution is -2.35. The number of nitrogens with zero attached hydrogens (tertiary/aromatic N) is 5. The molecule has 3 aromatic rings. The molecular formula is C13H8Cl2N6O2. The minimum absolute atomic E-state index is 0.0920. The fraction of sp³-hybridized carbons (Fsp3) is 0.154. The summed E-state index contributed by atoms with van der Waals surface area (Å²) in [5, 5.41) is 15.4. The van der Waals surface area contributed by atoms with Gasteiger partial charge < -0.3 is 9.84 Å². The van der Waals surface area contributed by atoms with Gasteiger partial charge in [0.05, 0.1) is 11.6 Å². The number of fused-ring (bicyclic) bond motifs is 1. The molecule has 0 aliphatic carbocycles. The highest BCUT2D eigenvalue weighted by atomic mass is 35.5. The summed E-state index contributed by atoms with van der Waals surface area (Å²) in [4.78, 5) is 16.2. The molecule has 1 aromatic carbocycles. The quantitative estimate of drug-likeness (QED) is 0.759. The van der Waals surface area contributed by atoms with Crippen LogP contribution in [-0.4, -0.2) is 37.6 Å². The van der Waals surface area contributed by atoms with E-state index in [1.165, 1.54) is 4.68 Å². The standard InChI is InChI=1S/C13H8Cl2N6O2/c14-6-1-2-8(15)7(5-6)11-17-13(23-19-11)9-10-12(22)16-3-4-21(10)20-18-9/h1-2,5H,3-4H2,(H,16,22). The first kappa shape index (κ1) is 14.2. The van der Waals surface area contributed by atoms with Crippen LogP contribution in [0.4, 0.5) is 0 Å². The van der Waals surface area contributed by atoms with Crippen molar-refractivity contribution in [3.05, 3.63) is 33.9 Å². The van der Waals surface area contributed by atoms with Crippen LogP contribution in [0.3, 0.4) is 0 Å². The number of nitrogens with one attached hydrogen (secondary N) is 1. The zero-order valence-corrected chi connectivity index (χ0v) is 13.0. The first-order valence-electron chi connectivity index (χ1n) is 6.64. The highest BCUT2D eigenvalue weighted by molar-refractivity contribution is 6.35. The van der Waals surface area contributed by atoms with Crippen LogP contribution in [0.15, 0.2) is 22.7 Å². The van der Waals surface area contributed by atoms with Crippen LogP contribution in [0.5, 0.6) is 0 Å². The van der Waals surface area contributed by atoms with E-state index in [2.05, 4.69) is 25.8 Å². The Labute approximate surface area is 139 Å². The van der Waals surface area contributed by atoms with Gasteiger partial charge in [-0.2, -0.15) is 4.98 Å². The van der Waals surface area contributed by atoms with Crippen molar-refractivity contribution in [2.75, 3.05) is 6.54 Å². The number of carbonyl (C=O) groups is 1. The fourth-order valence-electron chi connectivity index (χ4n) is 2.30. The maximum Gasteiger partial charge on any atom is 0.281 e. The molecule has 0 radical (unpaired) electrons. The molecule has 23 heavy (non-hydrogen) atoms. The molecule has 1 amide bonds. The van der Waals surface area contributed by atoms with Gasteiger partial charge in [0.1, 0.15) is 0 Å². The van der Waals surface area contributed by atoms with Crippen molar-refractivity contribution < 1.29 is 9.32 Å². The van der Waals surface area contributed by atoms with Gasteiger partial charge in [-0.15, -0.1) is 5.10 Å². The predicted octanol–water partition coefficient (Wildman–Crippen LogP) is 2.05. The zero-order valence-electron chi connectivity index (χ0n) is 11.5. The Balaban J connectivity index is 1.79. The lowest BCUT2D eigenvalue weighted by atomic mass is 10.2. The summed E-state index contributed by atoms with van der Waals surface area (Å²) < 4.78 is 6.72. The highest BCUT2D eigenvalue weighted by Crippen LogP contribution is 2.30. The van der Waals surface area contributed by atoms with Crippen LogP contribution in [0.1, 0.15) is 10.5 Å². The van der Waals surface area contributed by atoms with Crippen molar-refractivity contribution in [1.29, 1.82) is 0 Å². The van der Waals surface area contributed by atoms with Gasteiger partial charge in [-0.1, -0.05) is 33.6 Å². The monoisotopic (exact) mass is 350 g/mol. The van der Waals surface area contributed by atoms with Gasteiger partial charge in [0.2, 0.25) is 5.82 Å². The maximum absolute atomic E-state index is 12.0. The molecule has 1 aliphatic rings. The van der Waals surface area contributed by atoms with E-state index in [-0.39, 0.29) is 23.3 Å². The Bertz CT molecular complexity index is 919. The third kappa shape index (κ3) is 2.36. The summed E-state index contributed by atoms with van der Waals surface area (Å²) in [7, 11) is 0. The molecule has 1 N–H and O–H groups in total. The van der Waals surface area contributed by atoms with E-state index in [9.17, 15) is 4.79 Å². The molecule has 116 valence electrons. The van der Waals surface area contributed by atoms with Crippen molar-refractivity contribution in [2.24, 2.45) is 0 Å². The minimum Gasteiger partial charge on any atom is -0.349 e. The highest BCUT2D eigenvalue weighted by Gasteiger charge is 2.28. The lowest BCUT2D eigenvalue weighted by Gasteiger charge is -2.12. The summed E-state index contributed by atoms with van der Waals surface area (Å²) in [5.41, 5.74) is 1.06.